The molecule has 1 saturated carbocycles. The maximum absolute atomic E-state index is 13.0. The van der Waals surface area contributed by atoms with Crippen LogP contribution >= 0.6 is 0 Å². The second kappa shape index (κ2) is 17.3. The van der Waals surface area contributed by atoms with Gasteiger partial charge in [-0.05, 0) is 59.8 Å². The Bertz CT molecular complexity index is 881. The molecule has 236 valence electrons. The number of carbonyl (C=O) groups is 3. The molecule has 1 aliphatic heterocycles. The number of allylic oxidation sites excluding steroid dienone is 1. The van der Waals surface area contributed by atoms with Gasteiger partial charge in [0.1, 0.15) is 12.2 Å². The summed E-state index contributed by atoms with van der Waals surface area (Å²) in [6, 6.07) is -0.195. The summed E-state index contributed by atoms with van der Waals surface area (Å²) in [7, 11) is 0. The number of carbonyl (C=O) groups excluding carboxylic acids is 3. The van der Waals surface area contributed by atoms with Crippen LogP contribution in [0.2, 0.25) is 0 Å². The van der Waals surface area contributed by atoms with Crippen molar-refractivity contribution < 1.29 is 28.6 Å². The summed E-state index contributed by atoms with van der Waals surface area (Å²) in [6.07, 6.45) is 13.6. The van der Waals surface area contributed by atoms with E-state index in [0.29, 0.717) is 6.61 Å². The van der Waals surface area contributed by atoms with Crippen LogP contribution in [0.15, 0.2) is 11.1 Å². The van der Waals surface area contributed by atoms with Crippen molar-refractivity contribution in [3.63, 3.8) is 0 Å². The van der Waals surface area contributed by atoms with Crippen molar-refractivity contribution >= 4 is 17.8 Å². The summed E-state index contributed by atoms with van der Waals surface area (Å²) < 4.78 is 17.4. The molecule has 1 unspecified atom stereocenters. The highest BCUT2D eigenvalue weighted by Crippen LogP contribution is 2.34. The van der Waals surface area contributed by atoms with E-state index < -0.39 is 17.3 Å². The van der Waals surface area contributed by atoms with Crippen molar-refractivity contribution in [3.8, 4) is 0 Å². The predicted molar refractivity (Wildman–Crippen MR) is 162 cm³/mol. The van der Waals surface area contributed by atoms with Crippen LogP contribution in [-0.4, -0.2) is 55.0 Å². The predicted octanol–water partition coefficient (Wildman–Crippen LogP) is 6.51. The van der Waals surface area contributed by atoms with E-state index in [1.54, 1.807) is 13.8 Å². The van der Waals surface area contributed by atoms with Crippen LogP contribution in [-0.2, 0) is 28.6 Å². The van der Waals surface area contributed by atoms with Gasteiger partial charge in [-0.3, -0.25) is 14.4 Å². The minimum Gasteiger partial charge on any atom is -0.460 e. The van der Waals surface area contributed by atoms with E-state index in [4.69, 9.17) is 14.2 Å². The van der Waals surface area contributed by atoms with Crippen LogP contribution < -0.4 is 10.6 Å². The molecule has 3 atom stereocenters. The van der Waals surface area contributed by atoms with E-state index in [1.807, 2.05) is 20.8 Å². The Hall–Kier alpha value is -1.93. The summed E-state index contributed by atoms with van der Waals surface area (Å²) in [6.45, 7) is 14.2. The molecule has 41 heavy (non-hydrogen) atoms. The van der Waals surface area contributed by atoms with Crippen molar-refractivity contribution in [1.29, 1.82) is 0 Å². The lowest BCUT2D eigenvalue weighted by atomic mass is 9.85. The van der Waals surface area contributed by atoms with Gasteiger partial charge >= 0.3 is 5.97 Å². The molecule has 2 fully saturated rings. The highest BCUT2D eigenvalue weighted by atomic mass is 16.7. The number of amides is 2. The molecule has 2 rings (SSSR count). The molecule has 0 aromatic heterocycles. The fourth-order valence-corrected chi connectivity index (χ4v) is 5.51. The van der Waals surface area contributed by atoms with Gasteiger partial charge in [-0.15, -0.1) is 0 Å². The molecular formula is C33H58N2O6. The van der Waals surface area contributed by atoms with Gasteiger partial charge in [-0.25, -0.2) is 0 Å². The first kappa shape index (κ1) is 35.3. The van der Waals surface area contributed by atoms with Gasteiger partial charge in [-0.1, -0.05) is 77.7 Å². The number of esters is 1. The molecule has 1 heterocycles. The topological polar surface area (TPSA) is 103 Å². The fourth-order valence-electron chi connectivity index (χ4n) is 5.51. The summed E-state index contributed by atoms with van der Waals surface area (Å²) in [4.78, 5) is 38.5. The van der Waals surface area contributed by atoms with Crippen LogP contribution in [0.25, 0.3) is 0 Å². The molecule has 2 aliphatic rings. The number of hydrogen-bond acceptors (Lipinski definition) is 6. The van der Waals surface area contributed by atoms with E-state index in [0.717, 1.165) is 49.7 Å². The Kier molecular flexibility index (Phi) is 14.8. The first-order valence-electron chi connectivity index (χ1n) is 16.1. The lowest BCUT2D eigenvalue weighted by Gasteiger charge is -2.44. The van der Waals surface area contributed by atoms with Crippen molar-refractivity contribution in [3.05, 3.63) is 11.1 Å². The lowest BCUT2D eigenvalue weighted by Crippen LogP contribution is -2.56. The zero-order valence-corrected chi connectivity index (χ0v) is 27.0. The third kappa shape index (κ3) is 12.5. The van der Waals surface area contributed by atoms with Crippen molar-refractivity contribution in [2.24, 2.45) is 5.41 Å². The Balaban J connectivity index is 1.76. The van der Waals surface area contributed by atoms with Gasteiger partial charge in [0, 0.05) is 17.5 Å². The number of ether oxygens (including phenoxy) is 3. The summed E-state index contributed by atoms with van der Waals surface area (Å²) >= 11 is 0. The monoisotopic (exact) mass is 578 g/mol. The molecule has 0 radical (unpaired) electrons. The minimum absolute atomic E-state index is 0.0621. The van der Waals surface area contributed by atoms with Crippen LogP contribution in [0.1, 0.15) is 138 Å². The standard InChI is InChI=1S/C33H58N2O6/c1-8-9-10-11-12-13-14-15-18-24(2)25(3)30(37)35-26-19-16-17-20-27(26)40-28(36)21-22-34-31(38)29-32(4,5)23-39-33(6,7)41-29/h26-27,29H,8-23H2,1-7H3,(H,34,38)(H,35,37)/b25-24+/t26-,27-,29?/m0/s1. The Morgan fingerprint density at radius 2 is 1.51 bits per heavy atom. The van der Waals surface area contributed by atoms with Gasteiger partial charge in [-0.2, -0.15) is 0 Å². The normalized spacial score (nSPS) is 24.2. The molecule has 1 aliphatic carbocycles. The maximum atomic E-state index is 13.0. The number of unbranched alkanes of at least 4 members (excludes halogenated alkanes) is 7. The molecule has 2 amide bonds. The van der Waals surface area contributed by atoms with Gasteiger partial charge in [0.25, 0.3) is 0 Å². The van der Waals surface area contributed by atoms with Crippen LogP contribution in [0.5, 0.6) is 0 Å². The van der Waals surface area contributed by atoms with E-state index in [9.17, 15) is 14.4 Å². The zero-order valence-electron chi connectivity index (χ0n) is 27.0. The number of hydrogen-bond donors (Lipinski definition) is 2. The highest BCUT2D eigenvalue weighted by Gasteiger charge is 2.45. The fraction of sp³-hybridized carbons (Fsp3) is 0.848. The second-order valence-corrected chi connectivity index (χ2v) is 13.2. The molecule has 0 aromatic rings. The highest BCUT2D eigenvalue weighted by molar-refractivity contribution is 5.93. The zero-order chi connectivity index (χ0) is 30.5. The summed E-state index contributed by atoms with van der Waals surface area (Å²) in [5.74, 6) is -1.53. The first-order chi connectivity index (χ1) is 19.4. The smallest absolute Gasteiger partial charge is 0.307 e. The minimum atomic E-state index is -0.837. The third-order valence-corrected chi connectivity index (χ3v) is 8.46. The second-order valence-electron chi connectivity index (χ2n) is 13.2. The van der Waals surface area contributed by atoms with Crippen LogP contribution in [0, 0.1) is 5.41 Å². The van der Waals surface area contributed by atoms with Crippen molar-refractivity contribution in [1.82, 2.24) is 10.6 Å². The molecular weight excluding hydrogens is 520 g/mol. The molecule has 8 heteroatoms. The quantitative estimate of drug-likeness (QED) is 0.123. The Morgan fingerprint density at radius 1 is 0.878 bits per heavy atom. The van der Waals surface area contributed by atoms with Gasteiger partial charge in [0.15, 0.2) is 5.79 Å². The molecule has 0 aromatic carbocycles. The van der Waals surface area contributed by atoms with Crippen molar-refractivity contribution in [2.75, 3.05) is 13.2 Å². The number of nitrogens with one attached hydrogen (secondary N) is 2. The van der Waals surface area contributed by atoms with Crippen LogP contribution in [0.3, 0.4) is 0 Å². The SMILES string of the molecule is CCCCCCCCCC/C(C)=C(\C)C(=O)N[C@H]1CCCC[C@@H]1OC(=O)CCNC(=O)C1OC(C)(C)OCC1(C)C. The molecule has 0 bridgehead atoms. The van der Waals surface area contributed by atoms with E-state index in [1.165, 1.54) is 44.9 Å². The Labute approximate surface area is 249 Å². The van der Waals surface area contributed by atoms with E-state index in [2.05, 4.69) is 24.5 Å². The first-order valence-corrected chi connectivity index (χ1v) is 16.1. The van der Waals surface area contributed by atoms with Crippen LogP contribution in [0.4, 0.5) is 0 Å². The van der Waals surface area contributed by atoms with Gasteiger partial charge in [0.05, 0.1) is 19.1 Å². The average molecular weight is 579 g/mol. The molecule has 1 saturated heterocycles. The summed E-state index contributed by atoms with van der Waals surface area (Å²) in [5.41, 5.74) is 1.42. The number of rotatable bonds is 16. The summed E-state index contributed by atoms with van der Waals surface area (Å²) in [5, 5.41) is 5.97. The maximum Gasteiger partial charge on any atom is 0.307 e. The van der Waals surface area contributed by atoms with E-state index in [-0.39, 0.29) is 42.9 Å². The molecule has 8 nitrogen and oxygen atoms in total. The molecule has 0 spiro atoms. The Morgan fingerprint density at radius 3 is 2.20 bits per heavy atom. The largest absolute Gasteiger partial charge is 0.460 e. The molecule has 2 N–H and O–H groups in total. The lowest BCUT2D eigenvalue weighted by molar-refractivity contribution is -0.304. The third-order valence-electron chi connectivity index (χ3n) is 8.46. The van der Waals surface area contributed by atoms with Gasteiger partial charge in [0.2, 0.25) is 11.8 Å². The average Bonchev–Trinajstić information content (AvgIpc) is 2.92. The van der Waals surface area contributed by atoms with Gasteiger partial charge < -0.3 is 24.8 Å². The van der Waals surface area contributed by atoms with Crippen molar-refractivity contribution in [2.45, 2.75) is 162 Å². The van der Waals surface area contributed by atoms with E-state index >= 15 is 0 Å².